The van der Waals surface area contributed by atoms with Gasteiger partial charge >= 0.3 is 0 Å². The highest BCUT2D eigenvalue weighted by Gasteiger charge is 2.07. The van der Waals surface area contributed by atoms with Crippen molar-refractivity contribution in [2.75, 3.05) is 0 Å². The molecule has 0 aliphatic heterocycles. The molecule has 0 amide bonds. The Hall–Kier alpha value is -2.84. The van der Waals surface area contributed by atoms with Crippen molar-refractivity contribution in [2.24, 2.45) is 5.92 Å². The van der Waals surface area contributed by atoms with Crippen molar-refractivity contribution < 1.29 is 5.11 Å². The Morgan fingerprint density at radius 3 is 2.46 bits per heavy atom. The molecule has 3 rings (SSSR count). The fourth-order valence-corrected chi connectivity index (χ4v) is 3.54. The average molecular weight is 394 g/mol. The number of nitriles is 1. The molecule has 0 saturated heterocycles. The molecule has 0 bridgehead atoms. The second-order valence-electron chi connectivity index (χ2n) is 7.05. The highest BCUT2D eigenvalue weighted by molar-refractivity contribution is 7.07. The van der Waals surface area contributed by atoms with Gasteiger partial charge in [0.05, 0.1) is 11.6 Å². The van der Waals surface area contributed by atoms with Crippen LogP contribution in [0.2, 0.25) is 0 Å². The lowest BCUT2D eigenvalue weighted by atomic mass is 10.1. The third kappa shape index (κ3) is 6.40. The summed E-state index contributed by atoms with van der Waals surface area (Å²) in [5, 5.41) is 27.8. The van der Waals surface area contributed by atoms with Gasteiger partial charge in [-0.25, -0.2) is 0 Å². The first-order valence-corrected chi connectivity index (χ1v) is 10.3. The first-order chi connectivity index (χ1) is 13.4. The molecule has 0 radical (unpaired) electrons. The van der Waals surface area contributed by atoms with E-state index in [9.17, 15) is 5.11 Å². The molecule has 2 aromatic carbocycles. The highest BCUT2D eigenvalue weighted by Crippen LogP contribution is 2.15. The molecule has 3 aromatic rings. The number of aryl methyl sites for hydroxylation is 1. The summed E-state index contributed by atoms with van der Waals surface area (Å²) in [4.78, 5) is 0.609. The Labute approximate surface area is 170 Å². The molecule has 0 spiro atoms. The van der Waals surface area contributed by atoms with Crippen LogP contribution >= 0.6 is 11.3 Å². The van der Waals surface area contributed by atoms with E-state index < -0.39 is 0 Å². The van der Waals surface area contributed by atoms with Crippen LogP contribution in [0.3, 0.4) is 0 Å². The quantitative estimate of drug-likeness (QED) is 0.633. The van der Waals surface area contributed by atoms with E-state index in [1.54, 1.807) is 12.1 Å². The molecule has 0 unspecified atom stereocenters. The molecule has 0 aliphatic rings. The summed E-state index contributed by atoms with van der Waals surface area (Å²) in [7, 11) is 0. The van der Waals surface area contributed by atoms with Crippen LogP contribution in [0.5, 0.6) is 5.75 Å². The number of phenolic OH excluding ortho intramolecular Hbond substituents is 1. The van der Waals surface area contributed by atoms with E-state index in [1.165, 1.54) is 22.6 Å². The summed E-state index contributed by atoms with van der Waals surface area (Å²) in [5.41, 5.74) is 4.30. The van der Waals surface area contributed by atoms with Crippen molar-refractivity contribution in [3.63, 3.8) is 0 Å². The van der Waals surface area contributed by atoms with Crippen molar-refractivity contribution in [3.8, 4) is 11.8 Å². The standard InChI is InChI=1S/C14H18N2OS.C9H9N/c1-10(2)8-16-12(9-18-14(16)15)7-11-3-5-13(17)6-4-11;1-2-8-4-3-5-9(6-8)7-10/h3-6,9-10,15,17H,7-8H2,1-2H3;3-6H,2H2,1H3. The normalized spacial score (nSPS) is 10.2. The predicted molar refractivity (Wildman–Crippen MR) is 114 cm³/mol. The van der Waals surface area contributed by atoms with Gasteiger partial charge in [-0.05, 0) is 47.7 Å². The number of aromatic nitrogens is 1. The van der Waals surface area contributed by atoms with Crippen LogP contribution in [0.4, 0.5) is 0 Å². The number of hydrogen-bond donors (Lipinski definition) is 2. The van der Waals surface area contributed by atoms with E-state index in [-0.39, 0.29) is 0 Å². The summed E-state index contributed by atoms with van der Waals surface area (Å²) < 4.78 is 2.07. The zero-order chi connectivity index (χ0) is 20.5. The molecule has 0 saturated carbocycles. The van der Waals surface area contributed by atoms with Crippen molar-refractivity contribution in [2.45, 2.75) is 40.2 Å². The average Bonchev–Trinajstić information content (AvgIpc) is 3.03. The van der Waals surface area contributed by atoms with E-state index in [0.29, 0.717) is 16.5 Å². The minimum atomic E-state index is 0.292. The second kappa shape index (κ2) is 10.5. The van der Waals surface area contributed by atoms with Crippen molar-refractivity contribution in [1.82, 2.24) is 4.57 Å². The highest BCUT2D eigenvalue weighted by atomic mass is 32.1. The monoisotopic (exact) mass is 393 g/mol. The maximum atomic E-state index is 9.27. The fourth-order valence-electron chi connectivity index (χ4n) is 2.77. The van der Waals surface area contributed by atoms with E-state index >= 15 is 0 Å². The van der Waals surface area contributed by atoms with Crippen LogP contribution in [-0.4, -0.2) is 9.67 Å². The van der Waals surface area contributed by atoms with Crippen LogP contribution in [0.25, 0.3) is 0 Å². The Kier molecular flexibility index (Phi) is 8.03. The maximum Gasteiger partial charge on any atom is 0.182 e. The lowest BCUT2D eigenvalue weighted by Crippen LogP contribution is -2.19. The van der Waals surface area contributed by atoms with E-state index in [1.807, 2.05) is 36.4 Å². The lowest BCUT2D eigenvalue weighted by Gasteiger charge is -2.11. The number of nitrogens with one attached hydrogen (secondary N) is 1. The number of nitrogens with zero attached hydrogens (tertiary/aromatic N) is 2. The minimum Gasteiger partial charge on any atom is -0.508 e. The van der Waals surface area contributed by atoms with Gasteiger partial charge in [0, 0.05) is 24.0 Å². The number of benzene rings is 2. The van der Waals surface area contributed by atoms with E-state index in [4.69, 9.17) is 10.7 Å². The largest absolute Gasteiger partial charge is 0.508 e. The summed E-state index contributed by atoms with van der Waals surface area (Å²) >= 11 is 1.48. The Morgan fingerprint density at radius 1 is 1.14 bits per heavy atom. The topological polar surface area (TPSA) is 72.8 Å². The van der Waals surface area contributed by atoms with Gasteiger partial charge in [-0.1, -0.05) is 45.0 Å². The smallest absolute Gasteiger partial charge is 0.182 e. The summed E-state index contributed by atoms with van der Waals surface area (Å²) in [6.45, 7) is 7.29. The van der Waals surface area contributed by atoms with E-state index in [0.717, 1.165) is 30.5 Å². The van der Waals surface area contributed by atoms with Gasteiger partial charge in [0.2, 0.25) is 0 Å². The summed E-state index contributed by atoms with van der Waals surface area (Å²) in [6, 6.07) is 17.0. The zero-order valence-corrected chi connectivity index (χ0v) is 17.5. The van der Waals surface area contributed by atoms with Crippen LogP contribution in [0.15, 0.2) is 53.9 Å². The number of rotatable bonds is 5. The molecule has 0 aliphatic carbocycles. The van der Waals surface area contributed by atoms with Gasteiger partial charge in [0.15, 0.2) is 4.80 Å². The predicted octanol–water partition coefficient (Wildman–Crippen LogP) is 5.10. The van der Waals surface area contributed by atoms with Crippen molar-refractivity contribution in [3.05, 3.63) is 81.1 Å². The minimum absolute atomic E-state index is 0.292. The molecular weight excluding hydrogens is 366 g/mol. The van der Waals surface area contributed by atoms with E-state index in [2.05, 4.69) is 36.8 Å². The van der Waals surface area contributed by atoms with Gasteiger partial charge in [-0.15, -0.1) is 11.3 Å². The van der Waals surface area contributed by atoms with Crippen LogP contribution in [-0.2, 0) is 19.4 Å². The van der Waals surface area contributed by atoms with Crippen molar-refractivity contribution in [1.29, 1.82) is 10.7 Å². The third-order valence-electron chi connectivity index (χ3n) is 4.23. The van der Waals surface area contributed by atoms with Gasteiger partial charge in [-0.3, -0.25) is 5.41 Å². The number of phenols is 1. The number of thiazole rings is 1. The molecule has 28 heavy (non-hydrogen) atoms. The van der Waals surface area contributed by atoms with Crippen molar-refractivity contribution >= 4 is 11.3 Å². The molecule has 146 valence electrons. The van der Waals surface area contributed by atoms with Gasteiger partial charge in [0.1, 0.15) is 5.75 Å². The summed E-state index contributed by atoms with van der Waals surface area (Å²) in [5.74, 6) is 0.826. The number of aromatic hydroxyl groups is 1. The molecule has 5 heteroatoms. The van der Waals surface area contributed by atoms with Crippen LogP contribution < -0.4 is 4.80 Å². The molecule has 0 fully saturated rings. The lowest BCUT2D eigenvalue weighted by molar-refractivity contribution is 0.475. The molecule has 4 nitrogen and oxygen atoms in total. The Bertz CT molecular complexity index is 978. The molecule has 0 atom stereocenters. The molecule has 1 heterocycles. The van der Waals surface area contributed by atoms with Gasteiger partial charge < -0.3 is 9.67 Å². The third-order valence-corrected chi connectivity index (χ3v) is 5.07. The maximum absolute atomic E-state index is 9.27. The fraction of sp³-hybridized carbons (Fsp3) is 0.304. The van der Waals surface area contributed by atoms with Gasteiger partial charge in [0.25, 0.3) is 0 Å². The first kappa shape index (κ1) is 21.5. The SMILES string of the molecule is CC(C)Cn1c(Cc2ccc(O)cc2)csc1=N.CCc1cccc(C#N)c1. The molecule has 2 N–H and O–H groups in total. The number of hydrogen-bond acceptors (Lipinski definition) is 4. The van der Waals surface area contributed by atoms with Crippen LogP contribution in [0.1, 0.15) is 43.2 Å². The Morgan fingerprint density at radius 2 is 1.86 bits per heavy atom. The molecular formula is C23H27N3OS. The second-order valence-corrected chi connectivity index (χ2v) is 7.90. The summed E-state index contributed by atoms with van der Waals surface area (Å²) in [6.07, 6.45) is 1.80. The van der Waals surface area contributed by atoms with Gasteiger partial charge in [-0.2, -0.15) is 5.26 Å². The first-order valence-electron chi connectivity index (χ1n) is 9.41. The molecule has 1 aromatic heterocycles. The zero-order valence-electron chi connectivity index (χ0n) is 16.6. The Balaban J connectivity index is 0.000000237. The van der Waals surface area contributed by atoms with Crippen LogP contribution in [0, 0.1) is 22.7 Å².